The molecular weight excluding hydrogens is 704 g/mol. The summed E-state index contributed by atoms with van der Waals surface area (Å²) >= 11 is 15.3. The molecule has 4 nitrogen and oxygen atoms in total. The Bertz CT molecular complexity index is 990. The lowest BCUT2D eigenvalue weighted by atomic mass is 9.68. The Morgan fingerprint density at radius 1 is 0.650 bits per heavy atom. The summed E-state index contributed by atoms with van der Waals surface area (Å²) in [6.07, 6.45) is 12.8. The van der Waals surface area contributed by atoms with Crippen molar-refractivity contribution < 1.29 is 0 Å². The van der Waals surface area contributed by atoms with Crippen molar-refractivity contribution in [2.24, 2.45) is 11.8 Å². The van der Waals surface area contributed by atoms with Crippen LogP contribution in [0.15, 0.2) is 19.7 Å². The first-order valence-corrected chi connectivity index (χ1v) is 20.2. The second-order valence-electron chi connectivity index (χ2n) is 12.0. The minimum absolute atomic E-state index is 0.377. The Balaban J connectivity index is 1.39. The number of thiophene rings is 2. The molecule has 6 unspecified atom stereocenters. The zero-order chi connectivity index (χ0) is 28.2. The van der Waals surface area contributed by atoms with E-state index in [-0.39, 0.29) is 0 Å². The fourth-order valence-corrected chi connectivity index (χ4v) is 12.7. The summed E-state index contributed by atoms with van der Waals surface area (Å²) in [7, 11) is 0. The van der Waals surface area contributed by atoms with E-state index in [0.29, 0.717) is 36.0 Å². The van der Waals surface area contributed by atoms with Crippen LogP contribution >= 0.6 is 78.8 Å². The van der Waals surface area contributed by atoms with Crippen LogP contribution in [0, 0.1) is 11.8 Å². The van der Waals surface area contributed by atoms with Crippen molar-refractivity contribution in [2.45, 2.75) is 128 Å². The molecule has 2 saturated heterocycles. The number of fused-ring (bicyclic) bond motifs is 2. The van der Waals surface area contributed by atoms with E-state index in [9.17, 15) is 0 Å². The highest BCUT2D eigenvalue weighted by Gasteiger charge is 2.56. The molecule has 0 amide bonds. The van der Waals surface area contributed by atoms with Gasteiger partial charge in [-0.3, -0.25) is 0 Å². The molecule has 2 aliphatic heterocycles. The van der Waals surface area contributed by atoms with Gasteiger partial charge in [-0.2, -0.15) is 0 Å². The number of hydrogen-bond acceptors (Lipinski definition) is 8. The van der Waals surface area contributed by atoms with Crippen LogP contribution in [-0.2, 0) is 12.8 Å². The van der Waals surface area contributed by atoms with E-state index in [1.165, 1.54) is 92.7 Å². The summed E-state index contributed by atoms with van der Waals surface area (Å²) in [5, 5.41) is 0. The van der Waals surface area contributed by atoms with E-state index in [2.05, 4.69) is 90.6 Å². The van der Waals surface area contributed by atoms with Crippen LogP contribution < -0.4 is 18.9 Å². The fourth-order valence-electron chi connectivity index (χ4n) is 6.94. The maximum Gasteiger partial charge on any atom is 0.0733 e. The number of unbranched alkanes of at least 4 members (excludes halogenated alkanes) is 2. The van der Waals surface area contributed by atoms with Crippen molar-refractivity contribution in [3.05, 3.63) is 40.6 Å². The lowest BCUT2D eigenvalue weighted by Gasteiger charge is -2.45. The maximum absolute atomic E-state index is 3.99. The second kappa shape index (κ2) is 15.3. The van der Waals surface area contributed by atoms with E-state index in [0.717, 1.165) is 11.8 Å². The van der Waals surface area contributed by atoms with Crippen molar-refractivity contribution in [3.8, 4) is 0 Å². The SMILES string of the molecule is CCCCC(CC)Cc1cc(C2C3NSNC3C(c3cc(CC(CC)CCCC)c(Br)s3)C3NSNC32)sc1Br. The van der Waals surface area contributed by atoms with Gasteiger partial charge in [0.15, 0.2) is 0 Å². The maximum atomic E-state index is 3.99. The minimum atomic E-state index is 0.377. The molecule has 2 aromatic rings. The summed E-state index contributed by atoms with van der Waals surface area (Å²) in [4.78, 5) is 3.03. The Morgan fingerprint density at radius 3 is 1.35 bits per heavy atom. The van der Waals surface area contributed by atoms with Crippen LogP contribution in [0.25, 0.3) is 0 Å². The van der Waals surface area contributed by atoms with Gasteiger partial charge in [0.05, 0.1) is 7.57 Å². The van der Waals surface area contributed by atoms with Gasteiger partial charge in [-0.25, -0.2) is 18.9 Å². The average molecular weight is 751 g/mol. The van der Waals surface area contributed by atoms with E-state index >= 15 is 0 Å². The Hall–Kier alpha value is 0.900. The Morgan fingerprint density at radius 2 is 1.02 bits per heavy atom. The number of rotatable bonds is 14. The normalized spacial score (nSPS) is 29.4. The van der Waals surface area contributed by atoms with Crippen LogP contribution in [0.5, 0.6) is 0 Å². The first kappa shape index (κ1) is 32.3. The molecule has 0 bridgehead atoms. The largest absolute Gasteiger partial charge is 0.245 e. The standard InChI is InChI=1S/C30H46Br2N4S4/c1-5-9-11-17(7-3)13-19-15-21(37-29(19)31)23-25-27(35-39-33-25)24(28-26(23)34-40-36-28)22-16-20(30(32)38-22)14-18(8-4)12-10-6-2/h15-18,23-28,33-36H,5-14H2,1-4H3. The molecule has 5 rings (SSSR count). The molecule has 3 fully saturated rings. The lowest BCUT2D eigenvalue weighted by Crippen LogP contribution is -2.61. The van der Waals surface area contributed by atoms with Gasteiger partial charge >= 0.3 is 0 Å². The summed E-state index contributed by atoms with van der Waals surface area (Å²) in [6, 6.07) is 6.59. The van der Waals surface area contributed by atoms with Crippen molar-refractivity contribution >= 4 is 78.8 Å². The Labute approximate surface area is 276 Å². The van der Waals surface area contributed by atoms with Crippen molar-refractivity contribution in [1.29, 1.82) is 0 Å². The average Bonchev–Trinajstić information content (AvgIpc) is 3.75. The van der Waals surface area contributed by atoms with Gasteiger partial charge in [0.2, 0.25) is 0 Å². The van der Waals surface area contributed by atoms with Crippen molar-refractivity contribution in [1.82, 2.24) is 18.9 Å². The summed E-state index contributed by atoms with van der Waals surface area (Å²) in [5.74, 6) is 2.39. The van der Waals surface area contributed by atoms with Crippen molar-refractivity contribution in [2.75, 3.05) is 0 Å². The van der Waals surface area contributed by atoms with Gasteiger partial charge in [0, 0.05) is 70.0 Å². The topological polar surface area (TPSA) is 48.1 Å². The first-order chi connectivity index (χ1) is 19.5. The molecule has 2 aromatic heterocycles. The van der Waals surface area contributed by atoms with Gasteiger partial charge in [-0.1, -0.05) is 79.1 Å². The van der Waals surface area contributed by atoms with Gasteiger partial charge in [0.25, 0.3) is 0 Å². The fraction of sp³-hybridized carbons (Fsp3) is 0.733. The lowest BCUT2D eigenvalue weighted by molar-refractivity contribution is 0.227. The highest BCUT2D eigenvalue weighted by atomic mass is 79.9. The molecule has 10 heteroatoms. The van der Waals surface area contributed by atoms with Gasteiger partial charge < -0.3 is 0 Å². The summed E-state index contributed by atoms with van der Waals surface area (Å²) in [6.45, 7) is 9.33. The summed E-state index contributed by atoms with van der Waals surface area (Å²) < 4.78 is 18.0. The highest BCUT2D eigenvalue weighted by molar-refractivity contribution is 9.11. The predicted octanol–water partition coefficient (Wildman–Crippen LogP) is 9.72. The molecule has 224 valence electrons. The molecule has 0 spiro atoms. The molecule has 1 saturated carbocycles. The zero-order valence-electron chi connectivity index (χ0n) is 24.2. The van der Waals surface area contributed by atoms with Crippen LogP contribution in [0.4, 0.5) is 0 Å². The molecule has 1 aliphatic carbocycles. The first-order valence-electron chi connectivity index (χ1n) is 15.4. The molecular formula is C30H46Br2N4S4. The molecule has 0 radical (unpaired) electrons. The van der Waals surface area contributed by atoms with Crippen LogP contribution in [0.2, 0.25) is 0 Å². The number of hydrogen-bond donors (Lipinski definition) is 4. The quantitative estimate of drug-likeness (QED) is 0.144. The van der Waals surface area contributed by atoms with E-state index in [1.807, 2.05) is 22.7 Å². The third-order valence-electron chi connectivity index (χ3n) is 9.42. The van der Waals surface area contributed by atoms with Crippen LogP contribution in [0.1, 0.15) is 112 Å². The third-order valence-corrected chi connectivity index (χ3v) is 15.1. The molecule has 0 aromatic carbocycles. The Kier molecular flexibility index (Phi) is 12.3. The van der Waals surface area contributed by atoms with Crippen LogP contribution in [-0.4, -0.2) is 24.2 Å². The monoisotopic (exact) mass is 748 g/mol. The summed E-state index contributed by atoms with van der Waals surface area (Å²) in [5.41, 5.74) is 3.02. The number of halogens is 2. The molecule has 6 atom stereocenters. The van der Waals surface area contributed by atoms with Gasteiger partial charge in [-0.05, 0) is 79.8 Å². The number of nitrogens with one attached hydrogen (secondary N) is 4. The smallest absolute Gasteiger partial charge is 0.0733 e. The van der Waals surface area contributed by atoms with E-state index < -0.39 is 0 Å². The predicted molar refractivity (Wildman–Crippen MR) is 186 cm³/mol. The van der Waals surface area contributed by atoms with Crippen LogP contribution in [0.3, 0.4) is 0 Å². The zero-order valence-corrected chi connectivity index (χ0v) is 30.7. The third kappa shape index (κ3) is 7.07. The molecule has 4 N–H and O–H groups in total. The van der Waals surface area contributed by atoms with Crippen molar-refractivity contribution in [3.63, 3.8) is 0 Å². The minimum Gasteiger partial charge on any atom is -0.245 e. The van der Waals surface area contributed by atoms with E-state index in [4.69, 9.17) is 0 Å². The molecule has 4 heterocycles. The highest BCUT2D eigenvalue weighted by Crippen LogP contribution is 2.51. The molecule has 40 heavy (non-hydrogen) atoms. The second-order valence-corrected chi connectivity index (χ2v) is 18.1. The van der Waals surface area contributed by atoms with Gasteiger partial charge in [-0.15, -0.1) is 22.7 Å². The van der Waals surface area contributed by atoms with Gasteiger partial charge in [0.1, 0.15) is 0 Å². The molecule has 3 aliphatic rings. The van der Waals surface area contributed by atoms with E-state index in [1.54, 1.807) is 24.3 Å².